The normalized spacial score (nSPS) is 16.1. The summed E-state index contributed by atoms with van der Waals surface area (Å²) >= 11 is 1.28. The minimum atomic E-state index is -0.302. The van der Waals surface area contributed by atoms with Crippen molar-refractivity contribution in [1.82, 2.24) is 9.88 Å². The highest BCUT2D eigenvalue weighted by molar-refractivity contribution is 8.18. The van der Waals surface area contributed by atoms with Crippen LogP contribution < -0.4 is 10.1 Å². The number of carbonyl (C=O) groups excluding carboxylic acids is 2. The maximum atomic E-state index is 12.5. The molecule has 0 unspecified atom stereocenters. The fraction of sp³-hybridized carbons (Fsp3) is 0.174. The van der Waals surface area contributed by atoms with Crippen molar-refractivity contribution < 1.29 is 19.1 Å². The Kier molecular flexibility index (Phi) is 6.08. The monoisotopic (exact) mass is 435 g/mol. The predicted octanol–water partition coefficient (Wildman–Crippen LogP) is 4.10. The number of fused-ring (bicyclic) bond motifs is 1. The van der Waals surface area contributed by atoms with E-state index in [0.29, 0.717) is 16.7 Å². The summed E-state index contributed by atoms with van der Waals surface area (Å²) in [7, 11) is 1.61. The van der Waals surface area contributed by atoms with E-state index in [4.69, 9.17) is 9.47 Å². The third-order valence-corrected chi connectivity index (χ3v) is 5.57. The molecule has 2 heterocycles. The summed E-state index contributed by atoms with van der Waals surface area (Å²) in [6.07, 6.45) is 3.68. The smallest absolute Gasteiger partial charge is 0.325 e. The average Bonchev–Trinajstić information content (AvgIpc) is 3.29. The zero-order valence-corrected chi connectivity index (χ0v) is 17.9. The largest absolute Gasteiger partial charge is 0.497 e. The molecule has 158 valence electrons. The summed E-state index contributed by atoms with van der Waals surface area (Å²) in [5, 5.41) is 4.26. The number of nitrogens with one attached hydrogen (secondary N) is 1. The summed E-state index contributed by atoms with van der Waals surface area (Å²) in [5.74, 6) is 0.232. The van der Waals surface area contributed by atoms with E-state index in [9.17, 15) is 9.59 Å². The molecule has 7 nitrogen and oxygen atoms in total. The lowest BCUT2D eigenvalue weighted by molar-refractivity contribution is -0.143. The number of rotatable bonds is 6. The molecular weight excluding hydrogens is 414 g/mol. The number of amidine groups is 1. The molecule has 1 amide bonds. The molecule has 0 bridgehead atoms. The van der Waals surface area contributed by atoms with Gasteiger partial charge in [0, 0.05) is 22.7 Å². The van der Waals surface area contributed by atoms with Crippen LogP contribution in [-0.4, -0.2) is 35.3 Å². The number of amides is 1. The number of hydrogen-bond donors (Lipinski definition) is 1. The van der Waals surface area contributed by atoms with Gasteiger partial charge in [0.25, 0.3) is 5.91 Å². The summed E-state index contributed by atoms with van der Waals surface area (Å²) in [4.78, 5) is 29.5. The van der Waals surface area contributed by atoms with Crippen molar-refractivity contribution in [3.63, 3.8) is 0 Å². The van der Waals surface area contributed by atoms with Gasteiger partial charge in [-0.3, -0.25) is 9.59 Å². The maximum Gasteiger partial charge on any atom is 0.325 e. The first-order valence-electron chi connectivity index (χ1n) is 9.74. The predicted molar refractivity (Wildman–Crippen MR) is 122 cm³/mol. The standard InChI is InChI=1S/C23H21N3O4S/c1-3-30-21(27)14-26-13-15(18-6-4-5-7-19(18)26)12-20-22(28)25-23(31-20)24-16-8-10-17(29-2)11-9-16/h4-13H,3,14H2,1-2H3,(H,24,25,28)/b20-12-. The Labute approximate surface area is 183 Å². The van der Waals surface area contributed by atoms with Crippen LogP contribution >= 0.6 is 11.8 Å². The number of aromatic nitrogens is 1. The molecule has 1 fully saturated rings. The lowest BCUT2D eigenvalue weighted by Gasteiger charge is -2.04. The SMILES string of the molecule is CCOC(=O)Cn1cc(/C=C2\SC(=Nc3ccc(OC)cc3)NC2=O)c2ccccc21. The van der Waals surface area contributed by atoms with Crippen molar-refractivity contribution in [2.24, 2.45) is 4.99 Å². The van der Waals surface area contributed by atoms with Gasteiger partial charge in [0.15, 0.2) is 5.17 Å². The molecule has 1 aliphatic heterocycles. The molecule has 1 N–H and O–H groups in total. The first-order chi connectivity index (χ1) is 15.1. The molecule has 0 aliphatic carbocycles. The summed E-state index contributed by atoms with van der Waals surface area (Å²) in [5.41, 5.74) is 2.47. The van der Waals surface area contributed by atoms with Crippen LogP contribution in [0.1, 0.15) is 12.5 Å². The van der Waals surface area contributed by atoms with Crippen LogP contribution in [0.4, 0.5) is 5.69 Å². The number of aliphatic imine (C=N–C) groups is 1. The van der Waals surface area contributed by atoms with E-state index in [0.717, 1.165) is 27.9 Å². The average molecular weight is 436 g/mol. The van der Waals surface area contributed by atoms with Gasteiger partial charge in [0.05, 0.1) is 24.3 Å². The molecule has 0 radical (unpaired) electrons. The number of para-hydroxylation sites is 1. The molecule has 8 heteroatoms. The summed E-state index contributed by atoms with van der Waals surface area (Å²) in [6.45, 7) is 2.23. The number of thioether (sulfide) groups is 1. The Balaban J connectivity index is 1.61. The van der Waals surface area contributed by atoms with Crippen LogP contribution in [-0.2, 0) is 20.9 Å². The molecule has 2 aromatic carbocycles. The number of ether oxygens (including phenoxy) is 2. The number of methoxy groups -OCH3 is 1. The van der Waals surface area contributed by atoms with E-state index < -0.39 is 0 Å². The fourth-order valence-electron chi connectivity index (χ4n) is 3.26. The highest BCUT2D eigenvalue weighted by Crippen LogP contribution is 2.31. The molecule has 31 heavy (non-hydrogen) atoms. The van der Waals surface area contributed by atoms with Gasteiger partial charge in [0.1, 0.15) is 12.3 Å². The third kappa shape index (κ3) is 4.64. The van der Waals surface area contributed by atoms with E-state index in [-0.39, 0.29) is 18.4 Å². The van der Waals surface area contributed by atoms with E-state index >= 15 is 0 Å². The van der Waals surface area contributed by atoms with Crippen LogP contribution in [0.15, 0.2) is 64.6 Å². The second kappa shape index (κ2) is 9.09. The number of benzene rings is 2. The van der Waals surface area contributed by atoms with Crippen molar-refractivity contribution in [2.45, 2.75) is 13.5 Å². The second-order valence-corrected chi connectivity index (χ2v) is 7.74. The lowest BCUT2D eigenvalue weighted by atomic mass is 10.1. The molecule has 1 aliphatic rings. The van der Waals surface area contributed by atoms with Gasteiger partial charge < -0.3 is 19.4 Å². The summed E-state index contributed by atoms with van der Waals surface area (Å²) < 4.78 is 12.1. The Morgan fingerprint density at radius 1 is 1.19 bits per heavy atom. The highest BCUT2D eigenvalue weighted by Gasteiger charge is 2.24. The molecule has 1 saturated heterocycles. The fourth-order valence-corrected chi connectivity index (χ4v) is 4.10. The van der Waals surface area contributed by atoms with Crippen LogP contribution in [0.2, 0.25) is 0 Å². The number of carbonyl (C=O) groups is 2. The first kappa shape index (κ1) is 20.7. The highest BCUT2D eigenvalue weighted by atomic mass is 32.2. The number of hydrogen-bond acceptors (Lipinski definition) is 6. The molecule has 4 rings (SSSR count). The third-order valence-electron chi connectivity index (χ3n) is 4.66. The molecule has 0 saturated carbocycles. The van der Waals surface area contributed by atoms with Crippen LogP contribution in [0.3, 0.4) is 0 Å². The zero-order chi connectivity index (χ0) is 21.8. The van der Waals surface area contributed by atoms with E-state index in [2.05, 4.69) is 10.3 Å². The molecule has 0 atom stereocenters. The van der Waals surface area contributed by atoms with Gasteiger partial charge in [-0.15, -0.1) is 0 Å². The molecule has 1 aromatic heterocycles. The zero-order valence-electron chi connectivity index (χ0n) is 17.1. The second-order valence-electron chi connectivity index (χ2n) is 6.71. The maximum absolute atomic E-state index is 12.5. The van der Waals surface area contributed by atoms with Gasteiger partial charge in [-0.1, -0.05) is 18.2 Å². The van der Waals surface area contributed by atoms with Gasteiger partial charge >= 0.3 is 5.97 Å². The van der Waals surface area contributed by atoms with E-state index in [1.165, 1.54) is 11.8 Å². The minimum Gasteiger partial charge on any atom is -0.497 e. The topological polar surface area (TPSA) is 81.9 Å². The Hall–Kier alpha value is -3.52. The molecule has 3 aromatic rings. The Morgan fingerprint density at radius 2 is 1.97 bits per heavy atom. The van der Waals surface area contributed by atoms with Gasteiger partial charge in [0.2, 0.25) is 0 Å². The van der Waals surface area contributed by atoms with Gasteiger partial charge in [-0.05, 0) is 55.1 Å². The lowest BCUT2D eigenvalue weighted by Crippen LogP contribution is -2.19. The van der Waals surface area contributed by atoms with E-state index in [1.54, 1.807) is 14.0 Å². The number of nitrogens with zero attached hydrogens (tertiary/aromatic N) is 2. The van der Waals surface area contributed by atoms with Crippen molar-refractivity contribution in [2.75, 3.05) is 13.7 Å². The minimum absolute atomic E-state index is 0.112. The molecular formula is C23H21N3O4S. The number of esters is 1. The quantitative estimate of drug-likeness (QED) is 0.466. The van der Waals surface area contributed by atoms with Crippen molar-refractivity contribution in [1.29, 1.82) is 0 Å². The Morgan fingerprint density at radius 3 is 2.71 bits per heavy atom. The van der Waals surface area contributed by atoms with Crippen LogP contribution in [0, 0.1) is 0 Å². The van der Waals surface area contributed by atoms with E-state index in [1.807, 2.05) is 65.4 Å². The van der Waals surface area contributed by atoms with Gasteiger partial charge in [-0.25, -0.2) is 4.99 Å². The van der Waals surface area contributed by atoms with Gasteiger partial charge in [-0.2, -0.15) is 0 Å². The Bertz CT molecular complexity index is 1200. The first-order valence-corrected chi connectivity index (χ1v) is 10.6. The van der Waals surface area contributed by atoms with Crippen molar-refractivity contribution in [3.05, 3.63) is 65.2 Å². The van der Waals surface area contributed by atoms with Crippen molar-refractivity contribution in [3.8, 4) is 5.75 Å². The van der Waals surface area contributed by atoms with Crippen molar-refractivity contribution >= 4 is 51.5 Å². The van der Waals surface area contributed by atoms with Crippen LogP contribution in [0.25, 0.3) is 17.0 Å². The summed E-state index contributed by atoms with van der Waals surface area (Å²) in [6, 6.07) is 15.0. The van der Waals surface area contributed by atoms with Crippen LogP contribution in [0.5, 0.6) is 5.75 Å². The molecule has 0 spiro atoms.